The molecule has 150 valence electrons. The Labute approximate surface area is 179 Å². The highest BCUT2D eigenvalue weighted by Gasteiger charge is 2.23. The molecule has 1 aliphatic heterocycles. The summed E-state index contributed by atoms with van der Waals surface area (Å²) in [5.41, 5.74) is 3.60. The quantitative estimate of drug-likeness (QED) is 0.620. The summed E-state index contributed by atoms with van der Waals surface area (Å²) in [5, 5.41) is 9.59. The molecule has 3 aromatic rings. The van der Waals surface area contributed by atoms with Gasteiger partial charge in [0, 0.05) is 11.3 Å². The Morgan fingerprint density at radius 1 is 1.03 bits per heavy atom. The molecule has 0 bridgehead atoms. The van der Waals surface area contributed by atoms with E-state index in [9.17, 15) is 13.7 Å². The van der Waals surface area contributed by atoms with Crippen molar-refractivity contribution in [2.24, 2.45) is 4.99 Å². The minimum atomic E-state index is -3.80. The van der Waals surface area contributed by atoms with Gasteiger partial charge in [0.05, 0.1) is 16.0 Å². The number of para-hydroxylation sites is 1. The van der Waals surface area contributed by atoms with Gasteiger partial charge in [-0.15, -0.1) is 11.8 Å². The van der Waals surface area contributed by atoms with Crippen molar-refractivity contribution in [2.75, 3.05) is 5.75 Å². The summed E-state index contributed by atoms with van der Waals surface area (Å²) < 4.78 is 33.8. The van der Waals surface area contributed by atoms with Crippen LogP contribution in [0.2, 0.25) is 0 Å². The molecule has 1 aliphatic rings. The van der Waals surface area contributed by atoms with Crippen LogP contribution in [0.3, 0.4) is 0 Å². The molecule has 0 aromatic heterocycles. The van der Waals surface area contributed by atoms with Gasteiger partial charge in [0.25, 0.3) is 0 Å². The zero-order valence-corrected chi connectivity index (χ0v) is 17.4. The molecule has 0 fully saturated rings. The van der Waals surface area contributed by atoms with Crippen molar-refractivity contribution >= 4 is 27.3 Å². The monoisotopic (exact) mass is 435 g/mol. The van der Waals surface area contributed by atoms with E-state index in [1.807, 2.05) is 60.7 Å². The smallest absolute Gasteiger partial charge is 0.242 e. The number of hydrogen-bond acceptors (Lipinski definition) is 6. The lowest BCUT2D eigenvalue weighted by Crippen LogP contribution is -2.33. The summed E-state index contributed by atoms with van der Waals surface area (Å²) >= 11 is 1.44. The number of hydrogen-bond donors (Lipinski definition) is 1. The van der Waals surface area contributed by atoms with E-state index in [1.54, 1.807) is 5.55 Å². The first-order chi connectivity index (χ1) is 14.6. The fourth-order valence-electron chi connectivity index (χ4n) is 2.99. The topological polar surface area (TPSA) is 91.5 Å². The molecular formula is C22H17N3O3S2. The van der Waals surface area contributed by atoms with Crippen LogP contribution in [-0.4, -0.2) is 25.9 Å². The highest BCUT2D eigenvalue weighted by atomic mass is 32.2. The molecule has 1 unspecified atom stereocenters. The molecule has 0 spiro atoms. The first-order valence-corrected chi connectivity index (χ1v) is 11.6. The zero-order chi connectivity index (χ0) is 21.0. The number of aliphatic imine (C=N–C) groups is 1. The molecule has 0 aliphatic carbocycles. The Morgan fingerprint density at radius 3 is 2.53 bits per heavy atom. The number of sulfonamides is 1. The van der Waals surface area contributed by atoms with Gasteiger partial charge in [0.2, 0.25) is 10.0 Å². The minimum Gasteiger partial charge on any atom is -0.455 e. The molecule has 1 heterocycles. The molecule has 0 saturated carbocycles. The second kappa shape index (κ2) is 8.71. The molecular weight excluding hydrogens is 418 g/mol. The second-order valence-electron chi connectivity index (χ2n) is 6.46. The second-order valence-corrected chi connectivity index (χ2v) is 9.05. The SMILES string of the molecule is N#Cc1cc(S(=O)(=O)NC2CSC=N2)ccc1Oc1ccccc1-c1ccccc1. The molecule has 0 radical (unpaired) electrons. The van der Waals surface area contributed by atoms with Crippen LogP contribution >= 0.6 is 11.8 Å². The van der Waals surface area contributed by atoms with Crippen LogP contribution in [0.1, 0.15) is 5.56 Å². The predicted octanol–water partition coefficient (Wildman–Crippen LogP) is 4.40. The lowest BCUT2D eigenvalue weighted by atomic mass is 10.0. The maximum Gasteiger partial charge on any atom is 0.242 e. The van der Waals surface area contributed by atoms with Gasteiger partial charge in [-0.1, -0.05) is 48.5 Å². The van der Waals surface area contributed by atoms with Gasteiger partial charge in [-0.25, -0.2) is 8.42 Å². The average molecular weight is 436 g/mol. The highest BCUT2D eigenvalue weighted by molar-refractivity contribution is 8.12. The van der Waals surface area contributed by atoms with Crippen LogP contribution in [-0.2, 0) is 10.0 Å². The third-order valence-electron chi connectivity index (χ3n) is 4.43. The van der Waals surface area contributed by atoms with E-state index in [0.29, 0.717) is 11.5 Å². The Hall–Kier alpha value is -3.12. The number of ether oxygens (including phenoxy) is 1. The molecule has 1 atom stereocenters. The highest BCUT2D eigenvalue weighted by Crippen LogP contribution is 2.35. The molecule has 6 nitrogen and oxygen atoms in total. The molecule has 1 N–H and O–H groups in total. The van der Waals surface area contributed by atoms with Crippen LogP contribution in [0, 0.1) is 11.3 Å². The number of thioether (sulfide) groups is 1. The largest absolute Gasteiger partial charge is 0.455 e. The summed E-state index contributed by atoms with van der Waals surface area (Å²) in [7, 11) is -3.80. The summed E-state index contributed by atoms with van der Waals surface area (Å²) in [6.07, 6.45) is -0.501. The number of benzene rings is 3. The summed E-state index contributed by atoms with van der Waals surface area (Å²) in [6.45, 7) is 0. The first kappa shape index (κ1) is 20.2. The third-order valence-corrected chi connectivity index (χ3v) is 6.67. The molecule has 0 saturated heterocycles. The normalized spacial score (nSPS) is 15.6. The Balaban J connectivity index is 1.64. The van der Waals surface area contributed by atoms with E-state index in [0.717, 1.165) is 11.1 Å². The molecule has 4 rings (SSSR count). The van der Waals surface area contributed by atoms with Crippen molar-refractivity contribution in [3.8, 4) is 28.7 Å². The number of nitrogens with one attached hydrogen (secondary N) is 1. The molecule has 30 heavy (non-hydrogen) atoms. The van der Waals surface area contributed by atoms with Crippen molar-refractivity contribution in [3.63, 3.8) is 0 Å². The van der Waals surface area contributed by atoms with Crippen molar-refractivity contribution in [3.05, 3.63) is 78.4 Å². The molecule has 8 heteroatoms. The van der Waals surface area contributed by atoms with Gasteiger partial charge in [-0.05, 0) is 29.8 Å². The number of nitrogens with zero attached hydrogens (tertiary/aromatic N) is 2. The van der Waals surface area contributed by atoms with E-state index >= 15 is 0 Å². The van der Waals surface area contributed by atoms with E-state index in [2.05, 4.69) is 9.71 Å². The van der Waals surface area contributed by atoms with Gasteiger partial charge < -0.3 is 4.74 Å². The fraction of sp³-hybridized carbons (Fsp3) is 0.0909. The standard InChI is InChI=1S/C22H17N3O3S2/c23-13-17-12-18(30(26,27)25-22-14-29-15-24-22)10-11-20(17)28-21-9-5-4-8-19(21)16-6-2-1-3-7-16/h1-12,15,22,25H,14H2. The third kappa shape index (κ3) is 4.39. The van der Waals surface area contributed by atoms with Gasteiger partial charge in [0.15, 0.2) is 0 Å². The van der Waals surface area contributed by atoms with Crippen LogP contribution in [0.4, 0.5) is 0 Å². The minimum absolute atomic E-state index is 0.00477. The van der Waals surface area contributed by atoms with Crippen molar-refractivity contribution in [1.82, 2.24) is 4.72 Å². The molecule has 0 amide bonds. The Bertz CT molecular complexity index is 1240. The van der Waals surface area contributed by atoms with E-state index in [-0.39, 0.29) is 16.2 Å². The van der Waals surface area contributed by atoms with E-state index < -0.39 is 16.2 Å². The van der Waals surface area contributed by atoms with E-state index in [1.165, 1.54) is 30.0 Å². The van der Waals surface area contributed by atoms with Gasteiger partial charge in [-0.2, -0.15) is 9.98 Å². The van der Waals surface area contributed by atoms with Crippen LogP contribution in [0.5, 0.6) is 11.5 Å². The summed E-state index contributed by atoms with van der Waals surface area (Å²) in [5.74, 6) is 1.41. The average Bonchev–Trinajstić information content (AvgIpc) is 3.27. The number of rotatable bonds is 6. The van der Waals surface area contributed by atoms with Gasteiger partial charge >= 0.3 is 0 Å². The van der Waals surface area contributed by atoms with Crippen LogP contribution < -0.4 is 9.46 Å². The van der Waals surface area contributed by atoms with E-state index in [4.69, 9.17) is 4.74 Å². The maximum atomic E-state index is 12.6. The van der Waals surface area contributed by atoms with Crippen molar-refractivity contribution in [1.29, 1.82) is 5.26 Å². The maximum absolute atomic E-state index is 12.6. The predicted molar refractivity (Wildman–Crippen MR) is 118 cm³/mol. The fourth-order valence-corrected chi connectivity index (χ4v) is 4.92. The van der Waals surface area contributed by atoms with Gasteiger partial charge in [0.1, 0.15) is 23.7 Å². The Morgan fingerprint density at radius 2 is 1.80 bits per heavy atom. The van der Waals surface area contributed by atoms with Crippen molar-refractivity contribution in [2.45, 2.75) is 11.1 Å². The summed E-state index contributed by atoms with van der Waals surface area (Å²) in [6, 6.07) is 23.5. The summed E-state index contributed by atoms with van der Waals surface area (Å²) in [4.78, 5) is 4.05. The van der Waals surface area contributed by atoms with Gasteiger partial charge in [-0.3, -0.25) is 4.99 Å². The lowest BCUT2D eigenvalue weighted by Gasteiger charge is -2.14. The van der Waals surface area contributed by atoms with Crippen LogP contribution in [0.25, 0.3) is 11.1 Å². The molecule has 3 aromatic carbocycles. The number of nitriles is 1. The van der Waals surface area contributed by atoms with Crippen LogP contribution in [0.15, 0.2) is 82.7 Å². The zero-order valence-electron chi connectivity index (χ0n) is 15.7. The Kier molecular flexibility index (Phi) is 5.86. The van der Waals surface area contributed by atoms with Crippen molar-refractivity contribution < 1.29 is 13.2 Å². The lowest BCUT2D eigenvalue weighted by molar-refractivity contribution is 0.482. The first-order valence-electron chi connectivity index (χ1n) is 9.09.